The Morgan fingerprint density at radius 1 is 1.14 bits per heavy atom. The zero-order chi connectivity index (χ0) is 25.6. The quantitative estimate of drug-likeness (QED) is 0.644. The smallest absolute Gasteiger partial charge is 0.313 e. The summed E-state index contributed by atoms with van der Waals surface area (Å²) in [6, 6.07) is 11.4. The van der Waals surface area contributed by atoms with Crippen molar-refractivity contribution in [3.63, 3.8) is 0 Å². The van der Waals surface area contributed by atoms with E-state index in [0.29, 0.717) is 30.5 Å². The topological polar surface area (TPSA) is 101 Å². The highest BCUT2D eigenvalue weighted by Crippen LogP contribution is 2.17. The molecule has 2 fully saturated rings. The molecule has 0 bridgehead atoms. The number of hydrogen-bond donors (Lipinski definition) is 2. The normalized spacial score (nSPS) is 17.4. The average Bonchev–Trinajstić information content (AvgIpc) is 3.36. The number of rotatable bonds is 3. The molecule has 4 rings (SSSR count). The van der Waals surface area contributed by atoms with Crippen molar-refractivity contribution in [2.75, 3.05) is 51.4 Å². The molecule has 0 saturated carbocycles. The lowest BCUT2D eigenvalue weighted by molar-refractivity contribution is -0.144. The summed E-state index contributed by atoms with van der Waals surface area (Å²) in [5.74, 6) is 0.716. The number of nitrogens with one attached hydrogen (secondary N) is 1. The van der Waals surface area contributed by atoms with Gasteiger partial charge in [0, 0.05) is 13.1 Å². The van der Waals surface area contributed by atoms with Gasteiger partial charge >= 0.3 is 11.8 Å². The van der Waals surface area contributed by atoms with Crippen molar-refractivity contribution >= 4 is 23.3 Å². The Morgan fingerprint density at radius 2 is 1.83 bits per heavy atom. The van der Waals surface area contributed by atoms with Crippen LogP contribution in [0.3, 0.4) is 0 Å². The van der Waals surface area contributed by atoms with Crippen molar-refractivity contribution in [1.29, 1.82) is 0 Å². The number of amides is 2. The molecule has 2 saturated heterocycles. The molecule has 2 aliphatic heterocycles. The van der Waals surface area contributed by atoms with E-state index in [9.17, 15) is 9.59 Å². The van der Waals surface area contributed by atoms with Gasteiger partial charge in [-0.3, -0.25) is 9.59 Å². The van der Waals surface area contributed by atoms with Gasteiger partial charge in [0.05, 0.1) is 19.0 Å². The molecule has 2 amide bonds. The van der Waals surface area contributed by atoms with Crippen LogP contribution in [0.4, 0.5) is 11.5 Å². The van der Waals surface area contributed by atoms with Gasteiger partial charge in [-0.25, -0.2) is 4.98 Å². The van der Waals surface area contributed by atoms with E-state index in [4.69, 9.17) is 10.5 Å². The summed E-state index contributed by atoms with van der Waals surface area (Å²) in [6.45, 7) is 7.98. The minimum absolute atomic E-state index is 0.445. The summed E-state index contributed by atoms with van der Waals surface area (Å²) < 4.78 is 4.91. The molecule has 3 N–H and O–H groups in total. The maximum Gasteiger partial charge on any atom is 0.313 e. The Balaban J connectivity index is 0.000000249. The number of likely N-dealkylation sites (tertiary alicyclic amines) is 2. The van der Waals surface area contributed by atoms with E-state index in [0.717, 1.165) is 30.6 Å². The predicted molar refractivity (Wildman–Crippen MR) is 141 cm³/mol. The first-order valence-electron chi connectivity index (χ1n) is 12.5. The monoisotopic (exact) mass is 483 g/mol. The van der Waals surface area contributed by atoms with Gasteiger partial charge < -0.3 is 25.6 Å². The Hall–Kier alpha value is -3.13. The number of methoxy groups -OCH3 is 1. The number of carbonyl (C=O) groups excluding carboxylic acids is 2. The number of aromatic nitrogens is 1. The van der Waals surface area contributed by atoms with Gasteiger partial charge in [0.15, 0.2) is 0 Å². The zero-order valence-electron chi connectivity index (χ0n) is 21.6. The molecular weight excluding hydrogens is 442 g/mol. The Labute approximate surface area is 209 Å². The number of carbonyl (C=O) groups is 2. The average molecular weight is 484 g/mol. The van der Waals surface area contributed by atoms with E-state index < -0.39 is 11.8 Å². The standard InChI is InChI=1S/C15H22N4O2.C7H8O.C5H11N/c1-3-11-7-12(8-17-13(11)16)18-14(20)15(21)19-6-4-5-10(2)9-19;1-8-7-5-3-2-4-6-7;1-6-4-2-3-5-6/h7-8,10H,3-6,9H2,1-2H3,(H2,16,17)(H,18,20);2-6H,1H3;2-5H2,1H3. The van der Waals surface area contributed by atoms with E-state index in [-0.39, 0.29) is 0 Å². The van der Waals surface area contributed by atoms with Crippen molar-refractivity contribution in [3.05, 3.63) is 48.2 Å². The van der Waals surface area contributed by atoms with Crippen molar-refractivity contribution in [2.45, 2.75) is 46.0 Å². The molecule has 8 nitrogen and oxygen atoms in total. The second-order valence-corrected chi connectivity index (χ2v) is 9.10. The first-order chi connectivity index (χ1) is 16.8. The van der Waals surface area contributed by atoms with Crippen LogP contribution in [0.25, 0.3) is 0 Å². The van der Waals surface area contributed by atoms with Gasteiger partial charge in [-0.2, -0.15) is 0 Å². The summed E-state index contributed by atoms with van der Waals surface area (Å²) in [4.78, 5) is 32.2. The molecule has 1 aromatic carbocycles. The number of pyridine rings is 1. The highest BCUT2D eigenvalue weighted by atomic mass is 16.5. The van der Waals surface area contributed by atoms with Crippen LogP contribution in [0, 0.1) is 5.92 Å². The van der Waals surface area contributed by atoms with Crippen LogP contribution in [0.1, 0.15) is 45.1 Å². The molecular formula is C27H41N5O3. The fourth-order valence-corrected chi connectivity index (χ4v) is 4.01. The van der Waals surface area contributed by atoms with Crippen LogP contribution in [0.2, 0.25) is 0 Å². The maximum absolute atomic E-state index is 12.1. The predicted octanol–water partition coefficient (Wildman–Crippen LogP) is 3.83. The summed E-state index contributed by atoms with van der Waals surface area (Å²) in [5.41, 5.74) is 7.08. The van der Waals surface area contributed by atoms with Crippen LogP contribution in [0.5, 0.6) is 5.75 Å². The summed E-state index contributed by atoms with van der Waals surface area (Å²) in [6.07, 6.45) is 7.07. The van der Waals surface area contributed by atoms with Crippen LogP contribution in [-0.4, -0.2) is 66.9 Å². The molecule has 8 heteroatoms. The van der Waals surface area contributed by atoms with Gasteiger partial charge in [0.1, 0.15) is 11.6 Å². The fourth-order valence-electron chi connectivity index (χ4n) is 4.01. The van der Waals surface area contributed by atoms with E-state index in [1.807, 2.05) is 37.3 Å². The number of ether oxygens (including phenoxy) is 1. The number of anilines is 2. The molecule has 3 heterocycles. The second-order valence-electron chi connectivity index (χ2n) is 9.10. The summed E-state index contributed by atoms with van der Waals surface area (Å²) >= 11 is 0. The third-order valence-electron chi connectivity index (χ3n) is 6.09. The molecule has 0 radical (unpaired) electrons. The molecule has 1 atom stereocenters. The van der Waals surface area contributed by atoms with Crippen molar-refractivity contribution in [1.82, 2.24) is 14.8 Å². The molecule has 1 unspecified atom stereocenters. The summed E-state index contributed by atoms with van der Waals surface area (Å²) in [7, 11) is 3.84. The third-order valence-corrected chi connectivity index (χ3v) is 6.09. The number of hydrogen-bond acceptors (Lipinski definition) is 6. The Kier molecular flexibility index (Phi) is 12.0. The highest BCUT2D eigenvalue weighted by molar-refractivity contribution is 6.39. The van der Waals surface area contributed by atoms with Crippen molar-refractivity contribution in [2.24, 2.45) is 5.92 Å². The van der Waals surface area contributed by atoms with Gasteiger partial charge in [-0.15, -0.1) is 0 Å². The molecule has 0 aliphatic carbocycles. The van der Waals surface area contributed by atoms with E-state index in [1.54, 1.807) is 18.1 Å². The molecule has 1 aromatic heterocycles. The van der Waals surface area contributed by atoms with Gasteiger partial charge in [-0.05, 0) is 81.9 Å². The van der Waals surface area contributed by atoms with E-state index >= 15 is 0 Å². The molecule has 192 valence electrons. The maximum atomic E-state index is 12.1. The molecule has 2 aromatic rings. The van der Waals surface area contributed by atoms with E-state index in [2.05, 4.69) is 29.2 Å². The lowest BCUT2D eigenvalue weighted by atomic mass is 10.0. The second kappa shape index (κ2) is 15.0. The zero-order valence-corrected chi connectivity index (χ0v) is 21.6. The first-order valence-corrected chi connectivity index (χ1v) is 12.5. The lowest BCUT2D eigenvalue weighted by Crippen LogP contribution is -2.44. The number of para-hydroxylation sites is 1. The van der Waals surface area contributed by atoms with Crippen molar-refractivity contribution in [3.8, 4) is 5.75 Å². The number of piperidine rings is 1. The molecule has 35 heavy (non-hydrogen) atoms. The summed E-state index contributed by atoms with van der Waals surface area (Å²) in [5, 5.41) is 2.61. The largest absolute Gasteiger partial charge is 0.497 e. The van der Waals surface area contributed by atoms with Crippen LogP contribution < -0.4 is 15.8 Å². The number of nitrogens with two attached hydrogens (primary N) is 1. The van der Waals surface area contributed by atoms with Gasteiger partial charge in [0.25, 0.3) is 0 Å². The number of nitrogen functional groups attached to an aromatic ring is 1. The molecule has 0 spiro atoms. The van der Waals surface area contributed by atoms with Gasteiger partial charge in [-0.1, -0.05) is 32.0 Å². The number of benzene rings is 1. The first kappa shape index (κ1) is 28.1. The van der Waals surface area contributed by atoms with Crippen LogP contribution in [0.15, 0.2) is 42.6 Å². The number of nitrogens with zero attached hydrogens (tertiary/aromatic N) is 3. The Morgan fingerprint density at radius 3 is 2.34 bits per heavy atom. The highest BCUT2D eigenvalue weighted by Gasteiger charge is 2.26. The molecule has 2 aliphatic rings. The third kappa shape index (κ3) is 9.94. The SMILES string of the molecule is CCc1cc(NC(=O)C(=O)N2CCCC(C)C2)cnc1N.CN1CCCC1.COc1ccccc1. The number of aryl methyl sites for hydroxylation is 1. The minimum atomic E-state index is -0.613. The van der Waals surface area contributed by atoms with E-state index in [1.165, 1.54) is 32.1 Å². The van der Waals surface area contributed by atoms with Crippen molar-refractivity contribution < 1.29 is 14.3 Å². The van der Waals surface area contributed by atoms with Crippen LogP contribution in [-0.2, 0) is 16.0 Å². The minimum Gasteiger partial charge on any atom is -0.497 e. The fraction of sp³-hybridized carbons (Fsp3) is 0.519. The van der Waals surface area contributed by atoms with Crippen LogP contribution >= 0.6 is 0 Å². The lowest BCUT2D eigenvalue weighted by Gasteiger charge is -2.30. The van der Waals surface area contributed by atoms with Gasteiger partial charge in [0.2, 0.25) is 0 Å². The Bertz CT molecular complexity index is 916.